The van der Waals surface area contributed by atoms with Crippen molar-refractivity contribution in [1.29, 1.82) is 0 Å². The summed E-state index contributed by atoms with van der Waals surface area (Å²) in [5.41, 5.74) is 0.536. The van der Waals surface area contributed by atoms with Crippen LogP contribution >= 0.6 is 0 Å². The number of amides is 1. The Hall–Kier alpha value is -1.85. The SMILES string of the molecule is CC(C)(C)OC(=O)NC(/C=C/COCc1ccccc1)CO. The molecule has 1 aromatic carbocycles. The van der Waals surface area contributed by atoms with Gasteiger partial charge in [0.25, 0.3) is 0 Å². The fourth-order valence-corrected chi connectivity index (χ4v) is 1.65. The summed E-state index contributed by atoms with van der Waals surface area (Å²) in [6, 6.07) is 9.36. The number of carbonyl (C=O) groups excluding carboxylic acids is 1. The summed E-state index contributed by atoms with van der Waals surface area (Å²) in [7, 11) is 0. The van der Waals surface area contributed by atoms with Crippen molar-refractivity contribution in [3.63, 3.8) is 0 Å². The van der Waals surface area contributed by atoms with E-state index in [0.717, 1.165) is 5.56 Å². The molecule has 1 aromatic rings. The molecule has 122 valence electrons. The Bertz CT molecular complexity index is 465. The predicted molar refractivity (Wildman–Crippen MR) is 85.5 cm³/mol. The zero-order chi connectivity index (χ0) is 16.4. The van der Waals surface area contributed by atoms with Crippen molar-refractivity contribution in [3.8, 4) is 0 Å². The number of aliphatic hydroxyl groups excluding tert-OH is 1. The Balaban J connectivity index is 2.28. The van der Waals surface area contributed by atoms with Crippen molar-refractivity contribution >= 4 is 6.09 Å². The largest absolute Gasteiger partial charge is 0.444 e. The average molecular weight is 307 g/mol. The maximum Gasteiger partial charge on any atom is 0.408 e. The van der Waals surface area contributed by atoms with Gasteiger partial charge in [0.1, 0.15) is 5.60 Å². The van der Waals surface area contributed by atoms with E-state index in [-0.39, 0.29) is 6.61 Å². The molecule has 0 heterocycles. The molecule has 2 N–H and O–H groups in total. The van der Waals surface area contributed by atoms with E-state index in [1.807, 2.05) is 30.3 Å². The third-order valence-corrected chi connectivity index (χ3v) is 2.59. The molecule has 0 aliphatic rings. The summed E-state index contributed by atoms with van der Waals surface area (Å²) in [6.45, 7) is 6.08. The van der Waals surface area contributed by atoms with E-state index >= 15 is 0 Å². The first kappa shape index (κ1) is 18.2. The highest BCUT2D eigenvalue weighted by Crippen LogP contribution is 2.07. The van der Waals surface area contributed by atoms with Gasteiger partial charge in [0.15, 0.2) is 0 Å². The van der Waals surface area contributed by atoms with Gasteiger partial charge in [-0.3, -0.25) is 0 Å². The summed E-state index contributed by atoms with van der Waals surface area (Å²) in [4.78, 5) is 11.6. The molecule has 0 radical (unpaired) electrons. The maximum atomic E-state index is 11.6. The Labute approximate surface area is 131 Å². The molecule has 22 heavy (non-hydrogen) atoms. The van der Waals surface area contributed by atoms with E-state index in [9.17, 15) is 9.90 Å². The topological polar surface area (TPSA) is 67.8 Å². The second-order valence-electron chi connectivity index (χ2n) is 5.86. The van der Waals surface area contributed by atoms with Gasteiger partial charge in [-0.15, -0.1) is 0 Å². The Morgan fingerprint density at radius 3 is 2.59 bits per heavy atom. The molecule has 1 amide bonds. The van der Waals surface area contributed by atoms with Gasteiger partial charge in [-0.1, -0.05) is 42.5 Å². The van der Waals surface area contributed by atoms with Crippen molar-refractivity contribution < 1.29 is 19.4 Å². The van der Waals surface area contributed by atoms with E-state index in [2.05, 4.69) is 5.32 Å². The number of hydrogen-bond acceptors (Lipinski definition) is 4. The lowest BCUT2D eigenvalue weighted by atomic mass is 10.2. The first-order valence-electron chi connectivity index (χ1n) is 7.29. The zero-order valence-corrected chi connectivity index (χ0v) is 13.4. The van der Waals surface area contributed by atoms with Crippen molar-refractivity contribution in [3.05, 3.63) is 48.0 Å². The van der Waals surface area contributed by atoms with Crippen LogP contribution in [0.2, 0.25) is 0 Å². The molecule has 0 aliphatic carbocycles. The zero-order valence-electron chi connectivity index (χ0n) is 13.4. The van der Waals surface area contributed by atoms with Crippen molar-refractivity contribution in [1.82, 2.24) is 5.32 Å². The van der Waals surface area contributed by atoms with Crippen LogP contribution in [-0.2, 0) is 16.1 Å². The van der Waals surface area contributed by atoms with Gasteiger partial charge in [-0.2, -0.15) is 0 Å². The standard InChI is InChI=1S/C17H25NO4/c1-17(2,3)22-16(20)18-15(12-19)10-7-11-21-13-14-8-5-4-6-9-14/h4-10,15,19H,11-13H2,1-3H3,(H,18,20)/b10-7+. The van der Waals surface area contributed by atoms with Crippen LogP contribution in [0.4, 0.5) is 4.79 Å². The molecule has 1 atom stereocenters. The lowest BCUT2D eigenvalue weighted by Crippen LogP contribution is -2.40. The van der Waals surface area contributed by atoms with Gasteiger partial charge < -0.3 is 19.9 Å². The molecule has 0 aromatic heterocycles. The number of aliphatic hydroxyl groups is 1. The summed E-state index contributed by atoms with van der Waals surface area (Å²) < 4.78 is 10.6. The average Bonchev–Trinajstić information content (AvgIpc) is 2.44. The van der Waals surface area contributed by atoms with Crippen LogP contribution in [0.15, 0.2) is 42.5 Å². The Kier molecular flexibility index (Phi) is 7.63. The number of benzene rings is 1. The summed E-state index contributed by atoms with van der Waals surface area (Å²) >= 11 is 0. The smallest absolute Gasteiger partial charge is 0.408 e. The second kappa shape index (κ2) is 9.23. The molecule has 1 rings (SSSR count). The number of rotatable bonds is 7. The highest BCUT2D eigenvalue weighted by atomic mass is 16.6. The van der Waals surface area contributed by atoms with Crippen LogP contribution in [-0.4, -0.2) is 36.1 Å². The van der Waals surface area contributed by atoms with Gasteiger partial charge in [-0.25, -0.2) is 4.79 Å². The van der Waals surface area contributed by atoms with E-state index in [1.54, 1.807) is 32.9 Å². The van der Waals surface area contributed by atoms with Crippen LogP contribution in [0.25, 0.3) is 0 Å². The van der Waals surface area contributed by atoms with Gasteiger partial charge in [0.05, 0.1) is 25.9 Å². The molecular formula is C17H25NO4. The Morgan fingerprint density at radius 1 is 1.32 bits per heavy atom. The van der Waals surface area contributed by atoms with E-state index in [4.69, 9.17) is 9.47 Å². The van der Waals surface area contributed by atoms with E-state index in [1.165, 1.54) is 0 Å². The highest BCUT2D eigenvalue weighted by molar-refractivity contribution is 5.68. The fraction of sp³-hybridized carbons (Fsp3) is 0.471. The molecule has 5 nitrogen and oxygen atoms in total. The molecule has 0 saturated carbocycles. The molecule has 0 saturated heterocycles. The van der Waals surface area contributed by atoms with Crippen LogP contribution in [0.5, 0.6) is 0 Å². The van der Waals surface area contributed by atoms with E-state index < -0.39 is 17.7 Å². The van der Waals surface area contributed by atoms with Gasteiger partial charge >= 0.3 is 6.09 Å². The molecule has 0 spiro atoms. The predicted octanol–water partition coefficient (Wildman–Crippen LogP) is 2.65. The number of nitrogens with one attached hydrogen (secondary N) is 1. The van der Waals surface area contributed by atoms with Crippen LogP contribution < -0.4 is 5.32 Å². The van der Waals surface area contributed by atoms with E-state index in [0.29, 0.717) is 13.2 Å². The lowest BCUT2D eigenvalue weighted by Gasteiger charge is -2.21. The highest BCUT2D eigenvalue weighted by Gasteiger charge is 2.17. The molecular weight excluding hydrogens is 282 g/mol. The minimum absolute atomic E-state index is 0.200. The molecule has 1 unspecified atom stereocenters. The normalized spacial score (nSPS) is 13.1. The molecule has 5 heteroatoms. The fourth-order valence-electron chi connectivity index (χ4n) is 1.65. The van der Waals surface area contributed by atoms with Crippen LogP contribution in [0.3, 0.4) is 0 Å². The number of hydrogen-bond donors (Lipinski definition) is 2. The summed E-state index contributed by atoms with van der Waals surface area (Å²) in [5.74, 6) is 0. The van der Waals surface area contributed by atoms with Crippen molar-refractivity contribution in [2.75, 3.05) is 13.2 Å². The quantitative estimate of drug-likeness (QED) is 0.600. The van der Waals surface area contributed by atoms with Crippen molar-refractivity contribution in [2.24, 2.45) is 0 Å². The number of carbonyl (C=O) groups is 1. The number of alkyl carbamates (subject to hydrolysis) is 1. The lowest BCUT2D eigenvalue weighted by molar-refractivity contribution is 0.0497. The van der Waals surface area contributed by atoms with Gasteiger partial charge in [0.2, 0.25) is 0 Å². The van der Waals surface area contributed by atoms with Gasteiger partial charge in [-0.05, 0) is 26.3 Å². The van der Waals surface area contributed by atoms with Crippen LogP contribution in [0, 0.1) is 0 Å². The summed E-state index contributed by atoms with van der Waals surface area (Å²) in [6.07, 6.45) is 2.90. The first-order chi connectivity index (χ1) is 10.4. The number of ether oxygens (including phenoxy) is 2. The monoisotopic (exact) mass is 307 g/mol. The summed E-state index contributed by atoms with van der Waals surface area (Å²) in [5, 5.41) is 11.8. The molecule has 0 fully saturated rings. The third kappa shape index (κ3) is 8.44. The minimum Gasteiger partial charge on any atom is -0.444 e. The third-order valence-electron chi connectivity index (χ3n) is 2.59. The first-order valence-corrected chi connectivity index (χ1v) is 7.29. The van der Waals surface area contributed by atoms with Crippen molar-refractivity contribution in [2.45, 2.75) is 39.0 Å². The molecule has 0 aliphatic heterocycles. The second-order valence-corrected chi connectivity index (χ2v) is 5.86. The minimum atomic E-state index is -0.563. The maximum absolute atomic E-state index is 11.6. The van der Waals surface area contributed by atoms with Crippen LogP contribution in [0.1, 0.15) is 26.3 Å². The van der Waals surface area contributed by atoms with Gasteiger partial charge in [0, 0.05) is 0 Å². The Morgan fingerprint density at radius 2 is 2.00 bits per heavy atom. The molecule has 0 bridgehead atoms.